The molecule has 1 aromatic heterocycles. The number of fused-ring (bicyclic) bond motifs is 1. The van der Waals surface area contributed by atoms with Crippen LogP contribution in [0, 0.1) is 11.2 Å². The van der Waals surface area contributed by atoms with Crippen LogP contribution >= 0.6 is 0 Å². The maximum Gasteiger partial charge on any atom is 0.259 e. The lowest BCUT2D eigenvalue weighted by molar-refractivity contribution is 0.0928. The van der Waals surface area contributed by atoms with Crippen molar-refractivity contribution in [3.63, 3.8) is 0 Å². The number of carbonyl (C=O) groups is 1. The molecule has 0 fully saturated rings. The van der Waals surface area contributed by atoms with Gasteiger partial charge in [0.05, 0.1) is 17.3 Å². The van der Waals surface area contributed by atoms with E-state index in [1.165, 1.54) is 6.07 Å². The fourth-order valence-corrected chi connectivity index (χ4v) is 5.76. The van der Waals surface area contributed by atoms with Crippen LogP contribution in [-0.2, 0) is 25.9 Å². The van der Waals surface area contributed by atoms with Crippen LogP contribution in [-0.4, -0.2) is 26.8 Å². The van der Waals surface area contributed by atoms with E-state index in [0.717, 1.165) is 29.1 Å². The Hall–Kier alpha value is -3.90. The highest BCUT2D eigenvalue weighted by Gasteiger charge is 2.28. The van der Waals surface area contributed by atoms with Gasteiger partial charge in [-0.15, -0.1) is 0 Å². The van der Waals surface area contributed by atoms with Crippen LogP contribution in [0.25, 0.3) is 0 Å². The number of benzene rings is 3. The maximum absolute atomic E-state index is 15.2. The second kappa shape index (κ2) is 12.5. The molecule has 5 nitrogen and oxygen atoms in total. The first-order chi connectivity index (χ1) is 20.2. The van der Waals surface area contributed by atoms with Crippen LogP contribution in [0.1, 0.15) is 90.7 Å². The average Bonchev–Trinajstić information content (AvgIpc) is 3.00. The first-order valence-electron chi connectivity index (χ1n) is 15.0. The molecule has 0 bridgehead atoms. The number of carbonyl (C=O) groups excluding carboxylic acids is 1. The van der Waals surface area contributed by atoms with E-state index in [-0.39, 0.29) is 28.6 Å². The molecular weight excluding hydrogens is 525 g/mol. The van der Waals surface area contributed by atoms with Gasteiger partial charge in [-0.1, -0.05) is 107 Å². The molecule has 2 heterocycles. The van der Waals surface area contributed by atoms with E-state index in [0.29, 0.717) is 55.6 Å². The van der Waals surface area contributed by atoms with Crippen molar-refractivity contribution in [2.75, 3.05) is 6.54 Å². The molecule has 0 saturated carbocycles. The minimum atomic E-state index is -0.383. The summed E-state index contributed by atoms with van der Waals surface area (Å²) in [7, 11) is 0. The lowest BCUT2D eigenvalue weighted by atomic mass is 9.83. The maximum atomic E-state index is 15.2. The molecule has 0 aliphatic carbocycles. The van der Waals surface area contributed by atoms with Gasteiger partial charge < -0.3 is 0 Å². The molecule has 0 N–H and O–H groups in total. The van der Waals surface area contributed by atoms with Gasteiger partial charge in [0.25, 0.3) is 5.56 Å². The van der Waals surface area contributed by atoms with Crippen molar-refractivity contribution in [3.05, 3.63) is 134 Å². The van der Waals surface area contributed by atoms with Gasteiger partial charge in [-0.25, -0.2) is 9.37 Å². The van der Waals surface area contributed by atoms with Gasteiger partial charge in [-0.2, -0.15) is 0 Å². The van der Waals surface area contributed by atoms with Crippen molar-refractivity contribution >= 4 is 5.78 Å². The summed E-state index contributed by atoms with van der Waals surface area (Å²) in [5.74, 6) is 0.345. The molecule has 0 atom stereocenters. The van der Waals surface area contributed by atoms with Gasteiger partial charge in [0, 0.05) is 50.0 Å². The topological polar surface area (TPSA) is 55.2 Å². The smallest absolute Gasteiger partial charge is 0.259 e. The summed E-state index contributed by atoms with van der Waals surface area (Å²) in [5, 5.41) is 0. The van der Waals surface area contributed by atoms with Crippen LogP contribution in [0.3, 0.4) is 0 Å². The summed E-state index contributed by atoms with van der Waals surface area (Å²) in [4.78, 5) is 34.2. The molecule has 6 heteroatoms. The quantitative estimate of drug-likeness (QED) is 0.192. The minimum Gasteiger partial charge on any atom is -0.294 e. The van der Waals surface area contributed by atoms with Crippen molar-refractivity contribution in [3.8, 4) is 0 Å². The molecular formula is C36H40FN3O2. The molecule has 42 heavy (non-hydrogen) atoms. The lowest BCUT2D eigenvalue weighted by Crippen LogP contribution is -2.40. The molecule has 4 aromatic rings. The monoisotopic (exact) mass is 565 g/mol. The number of halogens is 1. The van der Waals surface area contributed by atoms with E-state index in [1.807, 2.05) is 47.9 Å². The van der Waals surface area contributed by atoms with Gasteiger partial charge >= 0.3 is 0 Å². The Labute approximate surface area is 248 Å². The van der Waals surface area contributed by atoms with Gasteiger partial charge in [0.1, 0.15) is 11.6 Å². The Morgan fingerprint density at radius 2 is 1.62 bits per heavy atom. The number of hydrogen-bond donors (Lipinski definition) is 0. The number of rotatable bonds is 10. The van der Waals surface area contributed by atoms with Crippen molar-refractivity contribution in [1.29, 1.82) is 0 Å². The minimum absolute atomic E-state index is 0.0380. The highest BCUT2D eigenvalue weighted by Crippen LogP contribution is 2.29. The average molecular weight is 566 g/mol. The summed E-state index contributed by atoms with van der Waals surface area (Å²) < 4.78 is 17.1. The van der Waals surface area contributed by atoms with Crippen LogP contribution < -0.4 is 5.56 Å². The zero-order valence-corrected chi connectivity index (χ0v) is 25.1. The number of Topliss-reactive ketones (excluding diaryl/α,β-unsaturated/α-hetero) is 1. The number of ketones is 1. The van der Waals surface area contributed by atoms with Gasteiger partial charge in [-0.3, -0.25) is 19.1 Å². The molecule has 0 radical (unpaired) electrons. The molecule has 3 aromatic carbocycles. The van der Waals surface area contributed by atoms with Crippen LogP contribution in [0.15, 0.2) is 83.7 Å². The van der Waals surface area contributed by atoms with E-state index in [2.05, 4.69) is 49.9 Å². The Morgan fingerprint density at radius 1 is 0.976 bits per heavy atom. The van der Waals surface area contributed by atoms with Crippen molar-refractivity contribution in [2.24, 2.45) is 5.41 Å². The first kappa shape index (κ1) is 29.6. The summed E-state index contributed by atoms with van der Waals surface area (Å²) in [6.45, 7) is 9.63. The zero-order valence-electron chi connectivity index (χ0n) is 25.1. The Morgan fingerprint density at radius 3 is 2.19 bits per heavy atom. The summed E-state index contributed by atoms with van der Waals surface area (Å²) in [6.07, 6.45) is 2.53. The zero-order chi connectivity index (χ0) is 29.9. The Bertz CT molecular complexity index is 1570. The van der Waals surface area contributed by atoms with E-state index in [1.54, 1.807) is 12.1 Å². The molecule has 1 aliphatic heterocycles. The summed E-state index contributed by atoms with van der Waals surface area (Å²) >= 11 is 0. The van der Waals surface area contributed by atoms with E-state index >= 15 is 4.39 Å². The molecule has 5 rings (SSSR count). The summed E-state index contributed by atoms with van der Waals surface area (Å²) in [5.41, 5.74) is 4.32. The fourth-order valence-electron chi connectivity index (χ4n) is 5.76. The van der Waals surface area contributed by atoms with E-state index < -0.39 is 0 Å². The predicted octanol–water partition coefficient (Wildman–Crippen LogP) is 7.15. The first-order valence-corrected chi connectivity index (χ1v) is 15.0. The number of nitrogens with zero attached hydrogens (tertiary/aromatic N) is 3. The summed E-state index contributed by atoms with van der Waals surface area (Å²) in [6, 6.07) is 24.7. The SMILES string of the molecule is CCc1nc2c(c(=O)n1C(c1ccccc1)c1ccccc1)CN(Cc1ccc(C(=O)CC(C)(C)CC)cc1F)CC2. The lowest BCUT2D eigenvalue weighted by Gasteiger charge is -2.31. The van der Waals surface area contributed by atoms with Crippen molar-refractivity contribution < 1.29 is 9.18 Å². The highest BCUT2D eigenvalue weighted by molar-refractivity contribution is 5.96. The normalized spacial score (nSPS) is 13.8. The Balaban J connectivity index is 1.45. The standard InChI is InChI=1S/C36H40FN3O2/c1-5-33-38-31-19-20-39(23-28-18-17-27(21-30(28)37)32(41)22-36(3,4)6-2)24-29(31)35(42)40(33)34(25-13-9-7-10-14-25)26-15-11-8-12-16-26/h7-18,21,34H,5-6,19-20,22-24H2,1-4H3. The molecule has 0 spiro atoms. The van der Waals surface area contributed by atoms with Gasteiger partial charge in [0.2, 0.25) is 0 Å². The third-order valence-electron chi connectivity index (χ3n) is 8.58. The van der Waals surface area contributed by atoms with E-state index in [9.17, 15) is 9.59 Å². The van der Waals surface area contributed by atoms with Crippen molar-refractivity contribution in [2.45, 2.75) is 72.5 Å². The molecule has 1 aliphatic rings. The third-order valence-corrected chi connectivity index (χ3v) is 8.58. The van der Waals surface area contributed by atoms with Gasteiger partial charge in [-0.05, 0) is 22.6 Å². The molecule has 218 valence electrons. The highest BCUT2D eigenvalue weighted by atomic mass is 19.1. The largest absolute Gasteiger partial charge is 0.294 e. The predicted molar refractivity (Wildman–Crippen MR) is 165 cm³/mol. The van der Waals surface area contributed by atoms with Crippen molar-refractivity contribution in [1.82, 2.24) is 14.5 Å². The number of aromatic nitrogens is 2. The van der Waals surface area contributed by atoms with Crippen LogP contribution in [0.2, 0.25) is 0 Å². The fraction of sp³-hybridized carbons (Fsp3) is 0.361. The molecule has 0 amide bonds. The van der Waals surface area contributed by atoms with Crippen LogP contribution in [0.5, 0.6) is 0 Å². The Kier molecular flexibility index (Phi) is 8.83. The molecule has 0 unspecified atom stereocenters. The number of hydrogen-bond acceptors (Lipinski definition) is 4. The molecule has 0 saturated heterocycles. The second-order valence-electron chi connectivity index (χ2n) is 12.1. The third kappa shape index (κ3) is 6.29. The number of aryl methyl sites for hydroxylation is 1. The van der Waals surface area contributed by atoms with E-state index in [4.69, 9.17) is 4.98 Å². The van der Waals surface area contributed by atoms with Crippen LogP contribution in [0.4, 0.5) is 4.39 Å². The van der Waals surface area contributed by atoms with Gasteiger partial charge in [0.15, 0.2) is 5.78 Å². The second-order valence-corrected chi connectivity index (χ2v) is 12.1.